The molecule has 0 saturated heterocycles. The number of carbonyl (C=O) groups excluding carboxylic acids is 1. The van der Waals surface area contributed by atoms with E-state index in [2.05, 4.69) is 9.97 Å². The first-order valence-corrected chi connectivity index (χ1v) is 7.77. The molecule has 0 aliphatic rings. The maximum atomic E-state index is 12.9. The van der Waals surface area contributed by atoms with Crippen LogP contribution in [0.4, 0.5) is 4.39 Å². The number of ketones is 1. The molecule has 0 fully saturated rings. The Labute approximate surface area is 131 Å². The van der Waals surface area contributed by atoms with Gasteiger partial charge in [0.25, 0.3) is 0 Å². The summed E-state index contributed by atoms with van der Waals surface area (Å²) in [4.78, 5) is 21.1. The lowest BCUT2D eigenvalue weighted by Gasteiger charge is -2.06. The molecule has 3 nitrogen and oxygen atoms in total. The van der Waals surface area contributed by atoms with Crippen molar-refractivity contribution in [2.24, 2.45) is 0 Å². The van der Waals surface area contributed by atoms with Gasteiger partial charge in [0.15, 0.2) is 5.78 Å². The summed E-state index contributed by atoms with van der Waals surface area (Å²) in [5, 5.41) is 0.745. The van der Waals surface area contributed by atoms with Gasteiger partial charge in [0.05, 0.1) is 22.5 Å². The standard InChI is InChI=1S/C17H13FN2OS/c1-11-17(20-15-5-3-2-4-14(15)19-11)22-10-16(21)12-6-8-13(18)9-7-12/h2-9H,10H2,1H3. The van der Waals surface area contributed by atoms with Gasteiger partial charge in [-0.05, 0) is 43.3 Å². The maximum Gasteiger partial charge on any atom is 0.173 e. The van der Waals surface area contributed by atoms with Gasteiger partial charge in [0, 0.05) is 5.56 Å². The van der Waals surface area contributed by atoms with Crippen molar-refractivity contribution in [3.05, 3.63) is 65.6 Å². The highest BCUT2D eigenvalue weighted by atomic mass is 32.2. The predicted octanol–water partition coefficient (Wildman–Crippen LogP) is 4.05. The van der Waals surface area contributed by atoms with Gasteiger partial charge >= 0.3 is 0 Å². The number of aromatic nitrogens is 2. The number of fused-ring (bicyclic) bond motifs is 1. The third-order valence-electron chi connectivity index (χ3n) is 3.21. The molecule has 0 atom stereocenters. The lowest BCUT2D eigenvalue weighted by molar-refractivity contribution is 0.102. The van der Waals surface area contributed by atoms with E-state index in [1.807, 2.05) is 31.2 Å². The summed E-state index contributed by atoms with van der Waals surface area (Å²) in [5.74, 6) is -0.153. The van der Waals surface area contributed by atoms with Gasteiger partial charge in [-0.1, -0.05) is 23.9 Å². The van der Waals surface area contributed by atoms with Crippen molar-refractivity contribution >= 4 is 28.6 Å². The van der Waals surface area contributed by atoms with Crippen molar-refractivity contribution in [3.63, 3.8) is 0 Å². The molecule has 0 aliphatic carbocycles. The fourth-order valence-electron chi connectivity index (χ4n) is 2.06. The number of nitrogens with zero attached hydrogens (tertiary/aromatic N) is 2. The molecule has 0 N–H and O–H groups in total. The average molecular weight is 312 g/mol. The molecule has 2 aromatic carbocycles. The molecular weight excluding hydrogens is 299 g/mol. The van der Waals surface area contributed by atoms with Crippen LogP contribution < -0.4 is 0 Å². The van der Waals surface area contributed by atoms with E-state index in [-0.39, 0.29) is 17.4 Å². The Hall–Kier alpha value is -2.27. The molecule has 0 aliphatic heterocycles. The maximum absolute atomic E-state index is 12.9. The quantitative estimate of drug-likeness (QED) is 0.538. The topological polar surface area (TPSA) is 42.9 Å². The first-order valence-electron chi connectivity index (χ1n) is 6.78. The second kappa shape index (κ2) is 6.23. The van der Waals surface area contributed by atoms with Crippen molar-refractivity contribution in [3.8, 4) is 0 Å². The fourth-order valence-corrected chi connectivity index (χ4v) is 2.91. The van der Waals surface area contributed by atoms with Crippen LogP contribution in [0.15, 0.2) is 53.6 Å². The van der Waals surface area contributed by atoms with Crippen LogP contribution in [0.1, 0.15) is 16.1 Å². The highest BCUT2D eigenvalue weighted by Gasteiger charge is 2.10. The third kappa shape index (κ3) is 3.14. The Morgan fingerprint density at radius 1 is 1.05 bits per heavy atom. The van der Waals surface area contributed by atoms with Gasteiger partial charge in [0.1, 0.15) is 10.8 Å². The SMILES string of the molecule is Cc1nc2ccccc2nc1SCC(=O)c1ccc(F)cc1. The molecule has 3 aromatic rings. The first-order chi connectivity index (χ1) is 10.6. The van der Waals surface area contributed by atoms with E-state index in [9.17, 15) is 9.18 Å². The number of halogens is 1. The normalized spacial score (nSPS) is 10.8. The fraction of sp³-hybridized carbons (Fsp3) is 0.118. The molecule has 3 rings (SSSR count). The molecule has 1 aromatic heterocycles. The van der Waals surface area contributed by atoms with Gasteiger partial charge in [-0.2, -0.15) is 0 Å². The highest BCUT2D eigenvalue weighted by Crippen LogP contribution is 2.22. The summed E-state index contributed by atoms with van der Waals surface area (Å²) in [7, 11) is 0. The van der Waals surface area contributed by atoms with E-state index in [0.29, 0.717) is 5.56 Å². The zero-order valence-corrected chi connectivity index (χ0v) is 12.7. The second-order valence-corrected chi connectivity index (χ2v) is 5.79. The van der Waals surface area contributed by atoms with E-state index in [4.69, 9.17) is 0 Å². The largest absolute Gasteiger partial charge is 0.293 e. The summed E-state index contributed by atoms with van der Waals surface area (Å²) >= 11 is 1.35. The first kappa shape index (κ1) is 14.7. The number of carbonyl (C=O) groups is 1. The number of hydrogen-bond acceptors (Lipinski definition) is 4. The lowest BCUT2D eigenvalue weighted by Crippen LogP contribution is -2.03. The van der Waals surface area contributed by atoms with Gasteiger partial charge < -0.3 is 0 Å². The van der Waals surface area contributed by atoms with Gasteiger partial charge in [-0.3, -0.25) is 4.79 Å². The van der Waals surface area contributed by atoms with Crippen LogP contribution in [0, 0.1) is 12.7 Å². The van der Waals surface area contributed by atoms with Crippen LogP contribution in [-0.4, -0.2) is 21.5 Å². The molecule has 0 amide bonds. The molecule has 22 heavy (non-hydrogen) atoms. The minimum atomic E-state index is -0.347. The number of hydrogen-bond donors (Lipinski definition) is 0. The van der Waals surface area contributed by atoms with Crippen LogP contribution in [0.3, 0.4) is 0 Å². The number of aryl methyl sites for hydroxylation is 1. The number of thioether (sulfide) groups is 1. The predicted molar refractivity (Wildman–Crippen MR) is 85.7 cm³/mol. The zero-order valence-electron chi connectivity index (χ0n) is 11.9. The Bertz CT molecular complexity index is 834. The third-order valence-corrected chi connectivity index (χ3v) is 4.27. The van der Waals surface area contributed by atoms with Crippen molar-refractivity contribution in [1.29, 1.82) is 0 Å². The summed E-state index contributed by atoms with van der Waals surface area (Å²) in [5.41, 5.74) is 2.95. The Morgan fingerprint density at radius 3 is 2.36 bits per heavy atom. The molecule has 1 heterocycles. The van der Waals surface area contributed by atoms with Crippen molar-refractivity contribution in [2.75, 3.05) is 5.75 Å². The van der Waals surface area contributed by atoms with E-state index in [1.165, 1.54) is 36.0 Å². The minimum Gasteiger partial charge on any atom is -0.293 e. The molecule has 0 radical (unpaired) electrons. The number of Topliss-reactive ketones (excluding diaryl/α,β-unsaturated/α-hetero) is 1. The Balaban J connectivity index is 1.77. The summed E-state index contributed by atoms with van der Waals surface area (Å²) < 4.78 is 12.9. The zero-order chi connectivity index (χ0) is 15.5. The molecular formula is C17H13FN2OS. The highest BCUT2D eigenvalue weighted by molar-refractivity contribution is 8.00. The molecule has 0 bridgehead atoms. The summed E-state index contributed by atoms with van der Waals surface area (Å²) in [6, 6.07) is 13.2. The molecule has 5 heteroatoms. The van der Waals surface area contributed by atoms with Gasteiger partial charge in [-0.25, -0.2) is 14.4 Å². The molecule has 110 valence electrons. The smallest absolute Gasteiger partial charge is 0.173 e. The van der Waals surface area contributed by atoms with E-state index < -0.39 is 0 Å². The number of benzene rings is 2. The average Bonchev–Trinajstić information content (AvgIpc) is 2.53. The Kier molecular flexibility index (Phi) is 4.15. The molecule has 0 unspecified atom stereocenters. The van der Waals surface area contributed by atoms with E-state index in [1.54, 1.807) is 0 Å². The van der Waals surface area contributed by atoms with Crippen molar-refractivity contribution in [2.45, 2.75) is 11.9 Å². The number of para-hydroxylation sites is 2. The van der Waals surface area contributed by atoms with Gasteiger partial charge in [-0.15, -0.1) is 0 Å². The van der Waals surface area contributed by atoms with E-state index in [0.717, 1.165) is 21.8 Å². The second-order valence-electron chi connectivity index (χ2n) is 4.82. The van der Waals surface area contributed by atoms with Crippen LogP contribution in [0.25, 0.3) is 11.0 Å². The van der Waals surface area contributed by atoms with Crippen molar-refractivity contribution < 1.29 is 9.18 Å². The molecule has 0 spiro atoms. The van der Waals surface area contributed by atoms with Crippen molar-refractivity contribution in [1.82, 2.24) is 9.97 Å². The van der Waals surface area contributed by atoms with Crippen LogP contribution in [0.2, 0.25) is 0 Å². The summed E-state index contributed by atoms with van der Waals surface area (Å²) in [6.07, 6.45) is 0. The summed E-state index contributed by atoms with van der Waals surface area (Å²) in [6.45, 7) is 1.88. The van der Waals surface area contributed by atoms with Crippen LogP contribution >= 0.6 is 11.8 Å². The minimum absolute atomic E-state index is 0.0561. The molecule has 0 saturated carbocycles. The lowest BCUT2D eigenvalue weighted by atomic mass is 10.1. The number of rotatable bonds is 4. The van der Waals surface area contributed by atoms with Crippen LogP contribution in [0.5, 0.6) is 0 Å². The van der Waals surface area contributed by atoms with Crippen LogP contribution in [-0.2, 0) is 0 Å². The van der Waals surface area contributed by atoms with Gasteiger partial charge in [0.2, 0.25) is 0 Å². The Morgan fingerprint density at radius 2 is 1.68 bits per heavy atom. The monoisotopic (exact) mass is 312 g/mol. The van der Waals surface area contributed by atoms with E-state index >= 15 is 0 Å².